The quantitative estimate of drug-likeness (QED) is 0.903. The number of carbonyl (C=O) groups is 2. The molecule has 6 heteroatoms. The van der Waals surface area contributed by atoms with Crippen molar-refractivity contribution in [2.75, 3.05) is 6.54 Å². The molecule has 2 heterocycles. The van der Waals surface area contributed by atoms with Crippen LogP contribution in [0.5, 0.6) is 0 Å². The van der Waals surface area contributed by atoms with Crippen LogP contribution in [-0.2, 0) is 16.1 Å². The number of rotatable bonds is 2. The Bertz CT molecular complexity index is 519. The molecule has 0 bridgehead atoms. The molecular weight excluding hydrogens is 274 g/mol. The SMILES string of the molecule is Cc1csc(CN2CCC(=O)NC(C(C)(C)C)C2=O)n1. The Labute approximate surface area is 123 Å². The Morgan fingerprint density at radius 3 is 2.70 bits per heavy atom. The third-order valence-electron chi connectivity index (χ3n) is 3.33. The van der Waals surface area contributed by atoms with E-state index < -0.39 is 6.04 Å². The van der Waals surface area contributed by atoms with E-state index in [1.807, 2.05) is 33.1 Å². The third kappa shape index (κ3) is 3.36. The number of nitrogens with zero attached hydrogens (tertiary/aromatic N) is 2. The van der Waals surface area contributed by atoms with E-state index in [4.69, 9.17) is 0 Å². The maximum absolute atomic E-state index is 12.6. The molecule has 110 valence electrons. The molecule has 0 aliphatic carbocycles. The topological polar surface area (TPSA) is 62.3 Å². The lowest BCUT2D eigenvalue weighted by atomic mass is 9.86. The minimum atomic E-state index is -0.474. The molecule has 1 aromatic rings. The first-order chi connectivity index (χ1) is 9.27. The van der Waals surface area contributed by atoms with Crippen molar-refractivity contribution in [1.29, 1.82) is 0 Å². The summed E-state index contributed by atoms with van der Waals surface area (Å²) in [7, 11) is 0. The fourth-order valence-electron chi connectivity index (χ4n) is 2.21. The number of nitrogens with one attached hydrogen (secondary N) is 1. The summed E-state index contributed by atoms with van der Waals surface area (Å²) in [6, 6.07) is -0.474. The molecule has 1 unspecified atom stereocenters. The van der Waals surface area contributed by atoms with E-state index in [-0.39, 0.29) is 17.2 Å². The van der Waals surface area contributed by atoms with E-state index in [1.165, 1.54) is 0 Å². The molecule has 0 aromatic carbocycles. The maximum Gasteiger partial charge on any atom is 0.246 e. The van der Waals surface area contributed by atoms with Gasteiger partial charge in [0.2, 0.25) is 11.8 Å². The van der Waals surface area contributed by atoms with Gasteiger partial charge in [-0.1, -0.05) is 20.8 Å². The summed E-state index contributed by atoms with van der Waals surface area (Å²) in [5.41, 5.74) is 0.669. The van der Waals surface area contributed by atoms with Crippen LogP contribution in [-0.4, -0.2) is 34.3 Å². The van der Waals surface area contributed by atoms with Gasteiger partial charge >= 0.3 is 0 Å². The second-order valence-corrected chi connectivity index (χ2v) is 7.20. The normalized spacial score (nSPS) is 20.8. The molecule has 20 heavy (non-hydrogen) atoms. The van der Waals surface area contributed by atoms with Crippen LogP contribution in [0.3, 0.4) is 0 Å². The zero-order chi connectivity index (χ0) is 14.9. The van der Waals surface area contributed by atoms with Crippen LogP contribution in [0, 0.1) is 12.3 Å². The van der Waals surface area contributed by atoms with Crippen molar-refractivity contribution in [3.8, 4) is 0 Å². The van der Waals surface area contributed by atoms with Gasteiger partial charge in [-0.25, -0.2) is 4.98 Å². The van der Waals surface area contributed by atoms with Crippen LogP contribution < -0.4 is 5.32 Å². The predicted molar refractivity (Wildman–Crippen MR) is 78.3 cm³/mol. The van der Waals surface area contributed by atoms with E-state index in [0.717, 1.165) is 10.7 Å². The standard InChI is InChI=1S/C14H21N3O2S/c1-9-8-20-11(15-9)7-17-6-5-10(18)16-12(13(17)19)14(2,3)4/h8,12H,5-7H2,1-4H3,(H,16,18). The number of thiazole rings is 1. The van der Waals surface area contributed by atoms with Crippen LogP contribution in [0.15, 0.2) is 5.38 Å². The van der Waals surface area contributed by atoms with Crippen LogP contribution in [0.1, 0.15) is 37.9 Å². The Morgan fingerprint density at radius 2 is 2.15 bits per heavy atom. The zero-order valence-electron chi connectivity index (χ0n) is 12.4. The van der Waals surface area contributed by atoms with Crippen molar-refractivity contribution in [3.05, 3.63) is 16.1 Å². The van der Waals surface area contributed by atoms with Crippen molar-refractivity contribution in [3.63, 3.8) is 0 Å². The molecule has 1 aliphatic rings. The molecule has 2 rings (SSSR count). The first kappa shape index (κ1) is 15.0. The second kappa shape index (κ2) is 5.52. The van der Waals surface area contributed by atoms with Crippen LogP contribution in [0.2, 0.25) is 0 Å². The van der Waals surface area contributed by atoms with Gasteiger partial charge in [0, 0.05) is 24.0 Å². The van der Waals surface area contributed by atoms with Crippen molar-refractivity contribution in [2.45, 2.75) is 46.7 Å². The summed E-state index contributed by atoms with van der Waals surface area (Å²) >= 11 is 1.55. The summed E-state index contributed by atoms with van der Waals surface area (Å²) in [5.74, 6) is -0.0766. The Hall–Kier alpha value is -1.43. The van der Waals surface area contributed by atoms with Gasteiger partial charge in [-0.2, -0.15) is 0 Å². The Kier molecular flexibility index (Phi) is 4.13. The molecule has 2 amide bonds. The number of carbonyl (C=O) groups excluding carboxylic acids is 2. The summed E-state index contributed by atoms with van der Waals surface area (Å²) < 4.78 is 0. The minimum absolute atomic E-state index is 0.0174. The van der Waals surface area contributed by atoms with Crippen molar-refractivity contribution < 1.29 is 9.59 Å². The van der Waals surface area contributed by atoms with Crippen molar-refractivity contribution in [1.82, 2.24) is 15.2 Å². The first-order valence-electron chi connectivity index (χ1n) is 6.76. The molecule has 1 atom stereocenters. The van der Waals surface area contributed by atoms with E-state index in [0.29, 0.717) is 19.5 Å². The fraction of sp³-hybridized carbons (Fsp3) is 0.643. The molecule has 1 fully saturated rings. The van der Waals surface area contributed by atoms with E-state index in [9.17, 15) is 9.59 Å². The maximum atomic E-state index is 12.6. The van der Waals surface area contributed by atoms with E-state index in [2.05, 4.69) is 10.3 Å². The molecule has 1 N–H and O–H groups in total. The molecule has 1 aromatic heterocycles. The average Bonchev–Trinajstić information content (AvgIpc) is 2.68. The van der Waals surface area contributed by atoms with Crippen LogP contribution in [0.4, 0.5) is 0 Å². The number of amides is 2. The summed E-state index contributed by atoms with van der Waals surface area (Å²) in [6.07, 6.45) is 0.350. The van der Waals surface area contributed by atoms with Crippen LogP contribution in [0.25, 0.3) is 0 Å². The zero-order valence-corrected chi connectivity index (χ0v) is 13.2. The monoisotopic (exact) mass is 295 g/mol. The van der Waals surface area contributed by atoms with Gasteiger partial charge in [-0.3, -0.25) is 9.59 Å². The van der Waals surface area contributed by atoms with E-state index in [1.54, 1.807) is 16.2 Å². The highest BCUT2D eigenvalue weighted by Gasteiger charge is 2.37. The Balaban J connectivity index is 2.19. The van der Waals surface area contributed by atoms with Gasteiger partial charge in [0.05, 0.1) is 6.54 Å². The molecule has 0 radical (unpaired) electrons. The summed E-state index contributed by atoms with van der Waals surface area (Å²) in [4.78, 5) is 30.6. The van der Waals surface area contributed by atoms with Gasteiger partial charge in [0.25, 0.3) is 0 Å². The second-order valence-electron chi connectivity index (χ2n) is 6.26. The van der Waals surface area contributed by atoms with Crippen molar-refractivity contribution in [2.24, 2.45) is 5.41 Å². The van der Waals surface area contributed by atoms with Gasteiger partial charge < -0.3 is 10.2 Å². The summed E-state index contributed by atoms with van der Waals surface area (Å²) in [5, 5.41) is 5.73. The molecule has 1 aliphatic heterocycles. The smallest absolute Gasteiger partial charge is 0.246 e. The van der Waals surface area contributed by atoms with Crippen LogP contribution >= 0.6 is 11.3 Å². The van der Waals surface area contributed by atoms with E-state index >= 15 is 0 Å². The lowest BCUT2D eigenvalue weighted by Gasteiger charge is -2.32. The highest BCUT2D eigenvalue weighted by atomic mass is 32.1. The van der Waals surface area contributed by atoms with Gasteiger partial charge in [-0.05, 0) is 12.3 Å². The number of hydrogen-bond donors (Lipinski definition) is 1. The molecule has 0 spiro atoms. The molecule has 1 saturated heterocycles. The summed E-state index contributed by atoms with van der Waals surface area (Å²) in [6.45, 7) is 8.77. The average molecular weight is 295 g/mol. The minimum Gasteiger partial charge on any atom is -0.344 e. The van der Waals surface area contributed by atoms with Gasteiger partial charge in [-0.15, -0.1) is 11.3 Å². The number of aryl methyl sites for hydroxylation is 1. The molecule has 0 saturated carbocycles. The number of hydrogen-bond acceptors (Lipinski definition) is 4. The lowest BCUT2D eigenvalue weighted by Crippen LogP contribution is -2.51. The third-order valence-corrected chi connectivity index (χ3v) is 4.28. The first-order valence-corrected chi connectivity index (χ1v) is 7.64. The number of aromatic nitrogens is 1. The van der Waals surface area contributed by atoms with Crippen molar-refractivity contribution >= 4 is 23.2 Å². The largest absolute Gasteiger partial charge is 0.344 e. The predicted octanol–water partition coefficient (Wildman–Crippen LogP) is 1.71. The highest BCUT2D eigenvalue weighted by molar-refractivity contribution is 7.09. The molecular formula is C14H21N3O2S. The lowest BCUT2D eigenvalue weighted by molar-refractivity contribution is -0.136. The van der Waals surface area contributed by atoms with Gasteiger partial charge in [0.1, 0.15) is 11.0 Å². The Morgan fingerprint density at radius 1 is 1.45 bits per heavy atom. The fourth-order valence-corrected chi connectivity index (χ4v) is 2.99. The molecule has 5 nitrogen and oxygen atoms in total. The van der Waals surface area contributed by atoms with Gasteiger partial charge in [0.15, 0.2) is 0 Å². The highest BCUT2D eigenvalue weighted by Crippen LogP contribution is 2.24.